The Balaban J connectivity index is 2.09. The van der Waals surface area contributed by atoms with E-state index in [2.05, 4.69) is 55.2 Å². The van der Waals surface area contributed by atoms with Crippen LogP contribution in [0.1, 0.15) is 50.3 Å². The summed E-state index contributed by atoms with van der Waals surface area (Å²) in [4.78, 5) is 0. The highest BCUT2D eigenvalue weighted by molar-refractivity contribution is 8.00. The van der Waals surface area contributed by atoms with E-state index in [4.69, 9.17) is 0 Å². The highest BCUT2D eigenvalue weighted by Crippen LogP contribution is 2.36. The third kappa shape index (κ3) is 3.52. The molecule has 0 radical (unpaired) electrons. The molecule has 1 aromatic carbocycles. The second kappa shape index (κ2) is 7.20. The number of thioether (sulfide) groups is 1. The van der Waals surface area contributed by atoms with Gasteiger partial charge < -0.3 is 5.32 Å². The number of nitrogens with one attached hydrogen (secondary N) is 1. The highest BCUT2D eigenvalue weighted by Gasteiger charge is 2.26. The van der Waals surface area contributed by atoms with Crippen molar-refractivity contribution in [2.24, 2.45) is 0 Å². The van der Waals surface area contributed by atoms with Crippen LogP contribution in [0.5, 0.6) is 0 Å². The molecule has 0 spiro atoms. The van der Waals surface area contributed by atoms with Gasteiger partial charge in [0, 0.05) is 11.3 Å². The summed E-state index contributed by atoms with van der Waals surface area (Å²) in [6.45, 7) is 5.50. The van der Waals surface area contributed by atoms with Crippen LogP contribution >= 0.6 is 11.8 Å². The van der Waals surface area contributed by atoms with Crippen molar-refractivity contribution in [2.45, 2.75) is 50.8 Å². The molecule has 1 saturated heterocycles. The van der Waals surface area contributed by atoms with E-state index in [0.717, 1.165) is 11.8 Å². The van der Waals surface area contributed by atoms with Crippen molar-refractivity contribution in [1.29, 1.82) is 0 Å². The minimum absolute atomic E-state index is 0.540. The van der Waals surface area contributed by atoms with Crippen LogP contribution in [0.3, 0.4) is 0 Å². The molecule has 1 N–H and O–H groups in total. The number of rotatable bonds is 6. The Morgan fingerprint density at radius 2 is 2.06 bits per heavy atom. The summed E-state index contributed by atoms with van der Waals surface area (Å²) in [5, 5.41) is 4.44. The molecule has 1 fully saturated rings. The van der Waals surface area contributed by atoms with Crippen LogP contribution in [-0.2, 0) is 6.42 Å². The largest absolute Gasteiger partial charge is 0.309 e. The monoisotopic (exact) mass is 263 g/mol. The van der Waals surface area contributed by atoms with Crippen molar-refractivity contribution in [2.75, 3.05) is 12.3 Å². The summed E-state index contributed by atoms with van der Waals surface area (Å²) in [5.41, 5.74) is 2.94. The molecule has 1 nitrogen and oxygen atoms in total. The molecule has 0 saturated carbocycles. The first-order valence-electron chi connectivity index (χ1n) is 7.29. The standard InChI is InChI=1S/C16H25NS/c1-3-6-13-8-10-14(11-9-13)16(17-4-2)15-7-5-12-18-15/h8-11,15-17H,3-7,12H2,1-2H3. The molecule has 0 amide bonds. The van der Waals surface area contributed by atoms with Crippen molar-refractivity contribution >= 4 is 11.8 Å². The smallest absolute Gasteiger partial charge is 0.0440 e. The normalized spacial score (nSPS) is 21.1. The molecule has 1 aliphatic heterocycles. The van der Waals surface area contributed by atoms with Crippen LogP contribution in [0.4, 0.5) is 0 Å². The molecule has 0 bridgehead atoms. The molecular formula is C16H25NS. The zero-order valence-corrected chi connectivity index (χ0v) is 12.4. The van der Waals surface area contributed by atoms with Crippen LogP contribution in [-0.4, -0.2) is 17.5 Å². The Morgan fingerprint density at radius 1 is 1.28 bits per heavy atom. The first-order valence-corrected chi connectivity index (χ1v) is 8.33. The van der Waals surface area contributed by atoms with Gasteiger partial charge in [-0.25, -0.2) is 0 Å². The zero-order valence-electron chi connectivity index (χ0n) is 11.6. The Hall–Kier alpha value is -0.470. The average Bonchev–Trinajstić information content (AvgIpc) is 2.91. The lowest BCUT2D eigenvalue weighted by Crippen LogP contribution is -2.28. The van der Waals surface area contributed by atoms with Gasteiger partial charge in [-0.3, -0.25) is 0 Å². The van der Waals surface area contributed by atoms with Crippen LogP contribution < -0.4 is 5.32 Å². The Bertz CT molecular complexity index is 341. The second-order valence-corrected chi connectivity index (χ2v) is 6.43. The summed E-state index contributed by atoms with van der Waals surface area (Å²) in [5.74, 6) is 1.33. The number of hydrogen-bond acceptors (Lipinski definition) is 2. The molecule has 2 unspecified atom stereocenters. The van der Waals surface area contributed by atoms with E-state index in [-0.39, 0.29) is 0 Å². The molecule has 2 rings (SSSR count). The van der Waals surface area contributed by atoms with E-state index < -0.39 is 0 Å². The summed E-state index contributed by atoms with van der Waals surface area (Å²) in [6.07, 6.45) is 5.17. The van der Waals surface area contributed by atoms with Gasteiger partial charge in [0.2, 0.25) is 0 Å². The predicted octanol–water partition coefficient (Wildman–Crippen LogP) is 4.19. The Morgan fingerprint density at radius 3 is 2.61 bits per heavy atom. The van der Waals surface area contributed by atoms with Gasteiger partial charge in [0.25, 0.3) is 0 Å². The molecule has 18 heavy (non-hydrogen) atoms. The van der Waals surface area contributed by atoms with Gasteiger partial charge in [0.05, 0.1) is 0 Å². The second-order valence-electron chi connectivity index (χ2n) is 5.08. The molecule has 0 aromatic heterocycles. The summed E-state index contributed by atoms with van der Waals surface area (Å²) in [6, 6.07) is 9.82. The Kier molecular flexibility index (Phi) is 5.58. The predicted molar refractivity (Wildman–Crippen MR) is 82.3 cm³/mol. The van der Waals surface area contributed by atoms with E-state index in [1.54, 1.807) is 0 Å². The van der Waals surface area contributed by atoms with Gasteiger partial charge in [-0.05, 0) is 42.7 Å². The van der Waals surface area contributed by atoms with Crippen molar-refractivity contribution in [3.63, 3.8) is 0 Å². The van der Waals surface area contributed by atoms with E-state index in [1.165, 1.54) is 42.6 Å². The van der Waals surface area contributed by atoms with Gasteiger partial charge >= 0.3 is 0 Å². The van der Waals surface area contributed by atoms with Crippen molar-refractivity contribution < 1.29 is 0 Å². The number of aryl methyl sites for hydroxylation is 1. The summed E-state index contributed by atoms with van der Waals surface area (Å²) >= 11 is 2.14. The lowest BCUT2D eigenvalue weighted by Gasteiger charge is -2.24. The minimum Gasteiger partial charge on any atom is -0.309 e. The third-order valence-electron chi connectivity index (χ3n) is 3.64. The topological polar surface area (TPSA) is 12.0 Å². The maximum absolute atomic E-state index is 3.67. The quantitative estimate of drug-likeness (QED) is 0.826. The van der Waals surface area contributed by atoms with Crippen molar-refractivity contribution in [3.05, 3.63) is 35.4 Å². The number of hydrogen-bond donors (Lipinski definition) is 1. The van der Waals surface area contributed by atoms with Crippen molar-refractivity contribution in [1.82, 2.24) is 5.32 Å². The van der Waals surface area contributed by atoms with E-state index in [0.29, 0.717) is 6.04 Å². The van der Waals surface area contributed by atoms with Gasteiger partial charge in [-0.2, -0.15) is 11.8 Å². The molecule has 2 atom stereocenters. The van der Waals surface area contributed by atoms with Crippen LogP contribution in [0.2, 0.25) is 0 Å². The first-order chi connectivity index (χ1) is 8.85. The molecule has 1 heterocycles. The molecule has 0 aliphatic carbocycles. The maximum atomic E-state index is 3.67. The Labute approximate surface area is 116 Å². The van der Waals surface area contributed by atoms with Crippen LogP contribution in [0, 0.1) is 0 Å². The fourth-order valence-corrected chi connectivity index (χ4v) is 4.14. The molecule has 100 valence electrons. The molecule has 1 aliphatic rings. The number of benzene rings is 1. The van der Waals surface area contributed by atoms with E-state index in [1.807, 2.05) is 0 Å². The van der Waals surface area contributed by atoms with Gasteiger partial charge in [0.1, 0.15) is 0 Å². The fourth-order valence-electron chi connectivity index (χ4n) is 2.73. The average molecular weight is 263 g/mol. The van der Waals surface area contributed by atoms with E-state index >= 15 is 0 Å². The van der Waals surface area contributed by atoms with Gasteiger partial charge in [-0.1, -0.05) is 44.5 Å². The molecule has 2 heteroatoms. The van der Waals surface area contributed by atoms with Gasteiger partial charge in [-0.15, -0.1) is 0 Å². The lowest BCUT2D eigenvalue weighted by atomic mass is 9.98. The molecule has 1 aromatic rings. The minimum atomic E-state index is 0.540. The third-order valence-corrected chi connectivity index (χ3v) is 5.10. The summed E-state index contributed by atoms with van der Waals surface area (Å²) in [7, 11) is 0. The van der Waals surface area contributed by atoms with Crippen LogP contribution in [0.15, 0.2) is 24.3 Å². The van der Waals surface area contributed by atoms with Gasteiger partial charge in [0.15, 0.2) is 0 Å². The lowest BCUT2D eigenvalue weighted by molar-refractivity contribution is 0.519. The SMILES string of the molecule is CCCc1ccc(C(NCC)C2CCCS2)cc1. The molecular weight excluding hydrogens is 238 g/mol. The van der Waals surface area contributed by atoms with Crippen LogP contribution in [0.25, 0.3) is 0 Å². The first kappa shape index (κ1) is 14.0. The van der Waals surface area contributed by atoms with E-state index in [9.17, 15) is 0 Å². The highest BCUT2D eigenvalue weighted by atomic mass is 32.2. The maximum Gasteiger partial charge on any atom is 0.0440 e. The van der Waals surface area contributed by atoms with Crippen molar-refractivity contribution in [3.8, 4) is 0 Å². The summed E-state index contributed by atoms with van der Waals surface area (Å²) < 4.78 is 0. The zero-order chi connectivity index (χ0) is 12.8. The fraction of sp³-hybridized carbons (Fsp3) is 0.625.